The fourth-order valence-electron chi connectivity index (χ4n) is 3.86. The largest absolute Gasteiger partial charge is 0.413 e. The number of nitrogens with one attached hydrogen (secondary N) is 3. The Balaban J connectivity index is 1.30. The number of primary amides is 1. The maximum absolute atomic E-state index is 12.8. The Hall–Kier alpha value is -4.97. The summed E-state index contributed by atoms with van der Waals surface area (Å²) in [6.07, 6.45) is 2.54. The molecular formula is C26H24N8O3S. The molecule has 0 saturated carbocycles. The first-order valence-corrected chi connectivity index (χ1v) is 12.5. The lowest BCUT2D eigenvalue weighted by Crippen LogP contribution is -2.51. The first-order chi connectivity index (χ1) is 18.5. The van der Waals surface area contributed by atoms with Crippen LogP contribution in [0.15, 0.2) is 78.4 Å². The Morgan fingerprint density at radius 2 is 1.95 bits per heavy atom. The standard InChI is InChI=1S/C26H24N8O3S/c1-28-24-29-10-9-20(32-24)21-14-16-13-18(7-8-19(16)31-21)37-26(36)33-22(23(27)35)15-34(25-30-11-12-38-25)17-5-3-2-4-6-17/h2-14,22,31H,15H2,1H3,(H2,27,35)(H,33,36)(H,28,29,32)/t22-/m0/s1. The summed E-state index contributed by atoms with van der Waals surface area (Å²) in [5.74, 6) is 0.115. The van der Waals surface area contributed by atoms with Gasteiger partial charge in [-0.25, -0.2) is 19.7 Å². The molecule has 0 radical (unpaired) electrons. The minimum atomic E-state index is -1.03. The van der Waals surface area contributed by atoms with Crippen LogP contribution >= 0.6 is 11.3 Å². The molecule has 1 atom stereocenters. The number of nitrogens with two attached hydrogens (primary N) is 1. The lowest BCUT2D eigenvalue weighted by Gasteiger charge is -2.26. The second-order valence-corrected chi connectivity index (χ2v) is 9.07. The minimum absolute atomic E-state index is 0.0791. The van der Waals surface area contributed by atoms with Gasteiger partial charge in [0.25, 0.3) is 0 Å². The van der Waals surface area contributed by atoms with Crippen LogP contribution in [0.4, 0.5) is 21.6 Å². The van der Waals surface area contributed by atoms with Gasteiger partial charge in [0.05, 0.1) is 17.9 Å². The summed E-state index contributed by atoms with van der Waals surface area (Å²) in [7, 11) is 1.75. The van der Waals surface area contributed by atoms with Crippen molar-refractivity contribution >= 4 is 51.0 Å². The third kappa shape index (κ3) is 5.55. The van der Waals surface area contributed by atoms with E-state index in [0.717, 1.165) is 22.3 Å². The lowest BCUT2D eigenvalue weighted by molar-refractivity contribution is -0.119. The number of carbonyl (C=O) groups excluding carboxylic acids is 2. The van der Waals surface area contributed by atoms with E-state index in [-0.39, 0.29) is 6.54 Å². The third-order valence-electron chi connectivity index (χ3n) is 5.68. The predicted octanol–water partition coefficient (Wildman–Crippen LogP) is 3.90. The highest BCUT2D eigenvalue weighted by Gasteiger charge is 2.25. The molecule has 0 saturated heterocycles. The molecule has 0 aliphatic heterocycles. The van der Waals surface area contributed by atoms with Crippen LogP contribution in [-0.2, 0) is 4.79 Å². The van der Waals surface area contributed by atoms with E-state index in [1.165, 1.54) is 11.3 Å². The maximum Gasteiger partial charge on any atom is 0.413 e. The monoisotopic (exact) mass is 528 g/mol. The number of nitrogens with zero attached hydrogens (tertiary/aromatic N) is 4. The SMILES string of the molecule is CNc1nccc(-c2cc3cc(OC(=O)N[C@@H](CN(c4ccccc4)c4nccs4)C(N)=O)ccc3[nH]2)n1. The number of fused-ring (bicyclic) bond motifs is 1. The minimum Gasteiger partial charge on any atom is -0.410 e. The molecule has 2 amide bonds. The molecule has 3 aromatic heterocycles. The quantitative estimate of drug-likeness (QED) is 0.225. The average molecular weight is 529 g/mol. The van der Waals surface area contributed by atoms with Gasteiger partial charge in [0.1, 0.15) is 11.8 Å². The van der Waals surface area contributed by atoms with E-state index in [4.69, 9.17) is 10.5 Å². The summed E-state index contributed by atoms with van der Waals surface area (Å²) in [4.78, 5) is 43.1. The Bertz CT molecular complexity index is 1560. The number of benzene rings is 2. The number of ether oxygens (including phenoxy) is 1. The van der Waals surface area contributed by atoms with Gasteiger partial charge in [-0.3, -0.25) is 4.79 Å². The molecule has 5 aromatic rings. The molecule has 3 heterocycles. The van der Waals surface area contributed by atoms with Gasteiger partial charge in [-0.1, -0.05) is 18.2 Å². The number of anilines is 3. The maximum atomic E-state index is 12.8. The van der Waals surface area contributed by atoms with Gasteiger partial charge in [-0.2, -0.15) is 0 Å². The number of thiazole rings is 1. The normalized spacial score (nSPS) is 11.6. The van der Waals surface area contributed by atoms with E-state index < -0.39 is 18.0 Å². The Kier molecular flexibility index (Phi) is 7.13. The van der Waals surface area contributed by atoms with E-state index in [0.29, 0.717) is 22.5 Å². The van der Waals surface area contributed by atoms with Crippen molar-refractivity contribution in [3.63, 3.8) is 0 Å². The molecule has 12 heteroatoms. The highest BCUT2D eigenvalue weighted by Crippen LogP contribution is 2.28. The number of para-hydroxylation sites is 1. The van der Waals surface area contributed by atoms with Gasteiger partial charge in [0.2, 0.25) is 11.9 Å². The number of rotatable bonds is 9. The van der Waals surface area contributed by atoms with Crippen molar-refractivity contribution in [1.29, 1.82) is 0 Å². The van der Waals surface area contributed by atoms with Crippen LogP contribution in [0.2, 0.25) is 0 Å². The molecule has 5 N–H and O–H groups in total. The molecule has 0 spiro atoms. The summed E-state index contributed by atoms with van der Waals surface area (Å²) < 4.78 is 5.49. The summed E-state index contributed by atoms with van der Waals surface area (Å²) >= 11 is 1.41. The third-order valence-corrected chi connectivity index (χ3v) is 6.47. The van der Waals surface area contributed by atoms with Crippen molar-refractivity contribution in [2.24, 2.45) is 5.73 Å². The molecule has 192 valence electrons. The first kappa shape index (κ1) is 24.7. The number of hydrogen-bond donors (Lipinski definition) is 4. The zero-order chi connectivity index (χ0) is 26.5. The van der Waals surface area contributed by atoms with Crippen LogP contribution in [0.25, 0.3) is 22.3 Å². The van der Waals surface area contributed by atoms with Crippen molar-refractivity contribution in [3.05, 3.63) is 78.4 Å². The molecule has 0 aliphatic carbocycles. The van der Waals surface area contributed by atoms with Gasteiger partial charge in [0, 0.05) is 41.4 Å². The molecule has 5 rings (SSSR count). The molecule has 0 unspecified atom stereocenters. The van der Waals surface area contributed by atoms with E-state index in [9.17, 15) is 9.59 Å². The Labute approximate surface area is 221 Å². The van der Waals surface area contributed by atoms with Crippen molar-refractivity contribution < 1.29 is 14.3 Å². The number of amides is 2. The topological polar surface area (TPSA) is 151 Å². The second-order valence-electron chi connectivity index (χ2n) is 8.20. The van der Waals surface area contributed by atoms with Crippen LogP contribution < -0.4 is 26.0 Å². The summed E-state index contributed by atoms with van der Waals surface area (Å²) in [5, 5.41) is 8.82. The van der Waals surface area contributed by atoms with Crippen LogP contribution in [0, 0.1) is 0 Å². The van der Waals surface area contributed by atoms with Crippen LogP contribution in [0.3, 0.4) is 0 Å². The Morgan fingerprint density at radius 3 is 2.68 bits per heavy atom. The fourth-order valence-corrected chi connectivity index (χ4v) is 4.53. The van der Waals surface area contributed by atoms with E-state index in [2.05, 4.69) is 30.6 Å². The van der Waals surface area contributed by atoms with Crippen molar-refractivity contribution in [3.8, 4) is 17.1 Å². The summed E-state index contributed by atoms with van der Waals surface area (Å²) in [6.45, 7) is 0.0791. The molecular weight excluding hydrogens is 504 g/mol. The van der Waals surface area contributed by atoms with Crippen LogP contribution in [0.1, 0.15) is 0 Å². The molecule has 0 bridgehead atoms. The number of carbonyl (C=O) groups is 2. The van der Waals surface area contributed by atoms with E-state index in [1.807, 2.05) is 46.7 Å². The summed E-state index contributed by atoms with van der Waals surface area (Å²) in [6, 6.07) is 17.3. The number of H-pyrrole nitrogens is 1. The average Bonchev–Trinajstić information content (AvgIpc) is 3.61. The van der Waals surface area contributed by atoms with Gasteiger partial charge in [-0.15, -0.1) is 11.3 Å². The second kappa shape index (κ2) is 11.0. The molecule has 0 aliphatic rings. The van der Waals surface area contributed by atoms with E-state index >= 15 is 0 Å². The van der Waals surface area contributed by atoms with Gasteiger partial charge in [0.15, 0.2) is 5.13 Å². The van der Waals surface area contributed by atoms with Crippen molar-refractivity contribution in [2.45, 2.75) is 6.04 Å². The zero-order valence-corrected chi connectivity index (χ0v) is 21.1. The Morgan fingerprint density at radius 1 is 1.11 bits per heavy atom. The number of hydrogen-bond acceptors (Lipinski definition) is 9. The van der Waals surface area contributed by atoms with Crippen LogP contribution in [-0.4, -0.2) is 51.6 Å². The first-order valence-electron chi connectivity index (χ1n) is 11.6. The lowest BCUT2D eigenvalue weighted by atomic mass is 10.2. The molecule has 11 nitrogen and oxygen atoms in total. The highest BCUT2D eigenvalue weighted by molar-refractivity contribution is 7.13. The van der Waals surface area contributed by atoms with Crippen molar-refractivity contribution in [1.82, 2.24) is 25.3 Å². The van der Waals surface area contributed by atoms with Crippen molar-refractivity contribution in [2.75, 3.05) is 23.8 Å². The zero-order valence-electron chi connectivity index (χ0n) is 20.3. The van der Waals surface area contributed by atoms with Gasteiger partial charge >= 0.3 is 6.09 Å². The van der Waals surface area contributed by atoms with Crippen LogP contribution in [0.5, 0.6) is 5.75 Å². The number of aromatic nitrogens is 4. The summed E-state index contributed by atoms with van der Waals surface area (Å²) in [5.41, 5.74) is 8.80. The predicted molar refractivity (Wildman–Crippen MR) is 147 cm³/mol. The van der Waals surface area contributed by atoms with Gasteiger partial charge < -0.3 is 31.0 Å². The molecule has 2 aromatic carbocycles. The van der Waals surface area contributed by atoms with Gasteiger partial charge in [-0.05, 0) is 42.5 Å². The highest BCUT2D eigenvalue weighted by atomic mass is 32.1. The fraction of sp³-hybridized carbons (Fsp3) is 0.115. The number of aromatic amines is 1. The smallest absolute Gasteiger partial charge is 0.410 e. The van der Waals surface area contributed by atoms with E-state index in [1.54, 1.807) is 43.7 Å². The molecule has 0 fully saturated rings. The molecule has 38 heavy (non-hydrogen) atoms.